The lowest BCUT2D eigenvalue weighted by Crippen LogP contribution is -2.45. The highest BCUT2D eigenvalue weighted by atomic mass is 79.9. The molecule has 0 N–H and O–H groups in total. The van der Waals surface area contributed by atoms with Gasteiger partial charge in [-0.25, -0.2) is 0 Å². The SMILES string of the molecule is C[C@H](COc1nn(C)nc1Br)N(C)C(=O)C(F)(F)F. The molecule has 0 fully saturated rings. The van der Waals surface area contributed by atoms with Gasteiger partial charge in [0.15, 0.2) is 4.60 Å². The summed E-state index contributed by atoms with van der Waals surface area (Å²) in [7, 11) is 2.63. The molecule has 1 rings (SSSR count). The van der Waals surface area contributed by atoms with Crippen LogP contribution in [0.25, 0.3) is 0 Å². The van der Waals surface area contributed by atoms with E-state index in [0.717, 1.165) is 7.05 Å². The minimum Gasteiger partial charge on any atom is -0.472 e. The molecule has 0 aliphatic rings. The van der Waals surface area contributed by atoms with Crippen LogP contribution in [0.3, 0.4) is 0 Å². The van der Waals surface area contributed by atoms with Gasteiger partial charge < -0.3 is 9.64 Å². The monoisotopic (exact) mass is 344 g/mol. The van der Waals surface area contributed by atoms with Crippen molar-refractivity contribution in [2.45, 2.75) is 19.1 Å². The molecule has 1 atom stereocenters. The Balaban J connectivity index is 2.58. The van der Waals surface area contributed by atoms with Crippen LogP contribution in [0.2, 0.25) is 0 Å². The van der Waals surface area contributed by atoms with Crippen LogP contribution in [0.5, 0.6) is 5.88 Å². The van der Waals surface area contributed by atoms with Crippen molar-refractivity contribution in [1.82, 2.24) is 19.9 Å². The second-order valence-corrected chi connectivity index (χ2v) is 4.61. The Morgan fingerprint density at radius 2 is 2.11 bits per heavy atom. The van der Waals surface area contributed by atoms with Gasteiger partial charge >= 0.3 is 12.1 Å². The normalized spacial score (nSPS) is 13.2. The standard InChI is InChI=1S/C9H12BrF3N4O2/c1-5(16(2)8(18)9(11,12)13)4-19-7-6(10)14-17(3)15-7/h5H,4H2,1-3H3/t5-/m1/s1. The van der Waals surface area contributed by atoms with Gasteiger partial charge in [0, 0.05) is 14.1 Å². The molecule has 6 nitrogen and oxygen atoms in total. The molecule has 0 bridgehead atoms. The van der Waals surface area contributed by atoms with E-state index in [4.69, 9.17) is 4.74 Å². The molecule has 0 spiro atoms. The van der Waals surface area contributed by atoms with E-state index < -0.39 is 18.1 Å². The molecular formula is C9H12BrF3N4O2. The van der Waals surface area contributed by atoms with Crippen molar-refractivity contribution in [2.24, 2.45) is 7.05 Å². The van der Waals surface area contributed by atoms with Gasteiger partial charge in [0.1, 0.15) is 6.61 Å². The Kier molecular flexibility index (Phi) is 4.77. The zero-order chi connectivity index (χ0) is 14.8. The van der Waals surface area contributed by atoms with E-state index in [9.17, 15) is 18.0 Å². The number of halogens is 4. The van der Waals surface area contributed by atoms with Crippen molar-refractivity contribution >= 4 is 21.8 Å². The molecule has 0 unspecified atom stereocenters. The first-order chi connectivity index (χ1) is 8.62. The van der Waals surface area contributed by atoms with E-state index in [1.54, 1.807) is 7.05 Å². The third-order valence-corrected chi connectivity index (χ3v) is 2.83. The summed E-state index contributed by atoms with van der Waals surface area (Å²) >= 11 is 3.08. The molecule has 19 heavy (non-hydrogen) atoms. The number of aryl methyl sites for hydroxylation is 1. The highest BCUT2D eigenvalue weighted by Crippen LogP contribution is 2.21. The number of nitrogens with zero attached hydrogens (tertiary/aromatic N) is 4. The average Bonchev–Trinajstić information content (AvgIpc) is 2.61. The third kappa shape index (κ3) is 4.08. The van der Waals surface area contributed by atoms with E-state index in [0.29, 0.717) is 9.50 Å². The molecule has 1 aromatic heterocycles. The van der Waals surface area contributed by atoms with Crippen molar-refractivity contribution in [1.29, 1.82) is 0 Å². The number of alkyl halides is 3. The summed E-state index contributed by atoms with van der Waals surface area (Å²) in [6.07, 6.45) is -4.89. The van der Waals surface area contributed by atoms with Gasteiger partial charge in [-0.3, -0.25) is 4.79 Å². The third-order valence-electron chi connectivity index (χ3n) is 2.33. The number of hydrogen-bond acceptors (Lipinski definition) is 4. The highest BCUT2D eigenvalue weighted by Gasteiger charge is 2.42. The lowest BCUT2D eigenvalue weighted by Gasteiger charge is -2.25. The molecule has 108 valence electrons. The smallest absolute Gasteiger partial charge is 0.471 e. The summed E-state index contributed by atoms with van der Waals surface area (Å²) in [5, 5.41) is 7.69. The zero-order valence-corrected chi connectivity index (χ0v) is 12.0. The van der Waals surface area contributed by atoms with Crippen molar-refractivity contribution in [2.75, 3.05) is 13.7 Å². The van der Waals surface area contributed by atoms with Gasteiger partial charge in [-0.1, -0.05) is 0 Å². The fourth-order valence-electron chi connectivity index (χ4n) is 1.16. The van der Waals surface area contributed by atoms with E-state index in [2.05, 4.69) is 26.1 Å². The maximum Gasteiger partial charge on any atom is 0.471 e. The van der Waals surface area contributed by atoms with Crippen LogP contribution in [-0.2, 0) is 11.8 Å². The largest absolute Gasteiger partial charge is 0.472 e. The van der Waals surface area contributed by atoms with E-state index in [1.165, 1.54) is 11.7 Å². The van der Waals surface area contributed by atoms with Crippen LogP contribution < -0.4 is 4.74 Å². The van der Waals surface area contributed by atoms with Gasteiger partial charge in [-0.15, -0.1) is 10.2 Å². The second kappa shape index (κ2) is 5.76. The number of amides is 1. The first-order valence-electron chi connectivity index (χ1n) is 5.16. The highest BCUT2D eigenvalue weighted by molar-refractivity contribution is 9.10. The minimum absolute atomic E-state index is 0.129. The second-order valence-electron chi connectivity index (χ2n) is 3.86. The van der Waals surface area contributed by atoms with Crippen LogP contribution >= 0.6 is 15.9 Å². The number of rotatable bonds is 4. The maximum absolute atomic E-state index is 12.2. The minimum atomic E-state index is -4.89. The number of carbonyl (C=O) groups excluding carboxylic acids is 1. The average molecular weight is 345 g/mol. The number of hydrogen-bond donors (Lipinski definition) is 0. The Morgan fingerprint density at radius 3 is 2.53 bits per heavy atom. The van der Waals surface area contributed by atoms with Crippen molar-refractivity contribution in [3.8, 4) is 5.88 Å². The summed E-state index contributed by atoms with van der Waals surface area (Å²) in [5.74, 6) is -1.76. The molecular weight excluding hydrogens is 333 g/mol. The topological polar surface area (TPSA) is 60.2 Å². The number of ether oxygens (including phenoxy) is 1. The van der Waals surface area contributed by atoms with Crippen molar-refractivity contribution in [3.63, 3.8) is 0 Å². The van der Waals surface area contributed by atoms with Crippen molar-refractivity contribution in [3.05, 3.63) is 4.60 Å². The van der Waals surface area contributed by atoms with Crippen LogP contribution in [0, 0.1) is 0 Å². The molecule has 1 heterocycles. The van der Waals surface area contributed by atoms with Crippen molar-refractivity contribution < 1.29 is 22.7 Å². The lowest BCUT2D eigenvalue weighted by atomic mass is 10.3. The molecule has 0 aliphatic carbocycles. The van der Waals surface area contributed by atoms with E-state index in [1.807, 2.05) is 0 Å². The molecule has 0 radical (unpaired) electrons. The van der Waals surface area contributed by atoms with Gasteiger partial charge in [0.2, 0.25) is 0 Å². The molecule has 10 heteroatoms. The Bertz CT molecular complexity index is 463. The summed E-state index contributed by atoms with van der Waals surface area (Å²) in [6, 6.07) is -0.761. The van der Waals surface area contributed by atoms with E-state index in [-0.39, 0.29) is 12.5 Å². The zero-order valence-electron chi connectivity index (χ0n) is 10.4. The molecule has 0 aromatic carbocycles. The van der Waals surface area contributed by atoms with Crippen LogP contribution in [0.15, 0.2) is 4.60 Å². The molecule has 1 aromatic rings. The maximum atomic E-state index is 12.2. The fourth-order valence-corrected chi connectivity index (χ4v) is 1.59. The first kappa shape index (κ1) is 15.7. The number of aromatic nitrogens is 3. The van der Waals surface area contributed by atoms with Gasteiger partial charge in [-0.2, -0.15) is 18.0 Å². The summed E-state index contributed by atoms with van der Waals surface area (Å²) in [6.45, 7) is 1.31. The first-order valence-corrected chi connectivity index (χ1v) is 5.95. The summed E-state index contributed by atoms with van der Waals surface area (Å²) in [5.41, 5.74) is 0. The quantitative estimate of drug-likeness (QED) is 0.827. The Hall–Kier alpha value is -1.32. The van der Waals surface area contributed by atoms with Gasteiger partial charge in [0.05, 0.1) is 6.04 Å². The van der Waals surface area contributed by atoms with Crippen LogP contribution in [-0.4, -0.2) is 51.7 Å². The predicted molar refractivity (Wildman–Crippen MR) is 62.5 cm³/mol. The molecule has 1 amide bonds. The van der Waals surface area contributed by atoms with Gasteiger partial charge in [0.25, 0.3) is 5.88 Å². The lowest BCUT2D eigenvalue weighted by molar-refractivity contribution is -0.186. The Labute approximate surface area is 115 Å². The van der Waals surface area contributed by atoms with E-state index >= 15 is 0 Å². The van der Waals surface area contributed by atoms with Crippen LogP contribution in [0.4, 0.5) is 13.2 Å². The number of carbonyl (C=O) groups is 1. The summed E-state index contributed by atoms with van der Waals surface area (Å²) < 4.78 is 42.2. The van der Waals surface area contributed by atoms with Crippen LogP contribution in [0.1, 0.15) is 6.92 Å². The summed E-state index contributed by atoms with van der Waals surface area (Å²) in [4.78, 5) is 12.8. The molecule has 0 saturated carbocycles. The predicted octanol–water partition coefficient (Wildman–Crippen LogP) is 1.37. The molecule has 0 aliphatic heterocycles. The fraction of sp³-hybridized carbons (Fsp3) is 0.667. The number of likely N-dealkylation sites (N-methyl/N-ethyl adjacent to an activating group) is 1. The van der Waals surface area contributed by atoms with Gasteiger partial charge in [-0.05, 0) is 22.9 Å². The molecule has 0 saturated heterocycles. The Morgan fingerprint density at radius 1 is 1.53 bits per heavy atom.